The molecule has 3 aromatic carbocycles. The van der Waals surface area contributed by atoms with E-state index in [0.29, 0.717) is 44.2 Å². The quantitative estimate of drug-likeness (QED) is 0.222. The van der Waals surface area contributed by atoms with E-state index in [-0.39, 0.29) is 34.7 Å². The third-order valence-corrected chi connectivity index (χ3v) is 8.37. The van der Waals surface area contributed by atoms with Crippen molar-refractivity contribution in [2.75, 3.05) is 47.0 Å². The number of rotatable bonds is 11. The Morgan fingerprint density at radius 3 is 1.98 bits per heavy atom. The molecular formula is C36H43Cl2N3O7. The number of carbonyl (C=O) groups excluding carboxylic acids is 3. The summed E-state index contributed by atoms with van der Waals surface area (Å²) in [6.07, 6.45) is -0.106. The lowest BCUT2D eigenvalue weighted by Gasteiger charge is -2.35. The van der Waals surface area contributed by atoms with Gasteiger partial charge < -0.3 is 29.2 Å². The molecule has 3 aromatic rings. The second-order valence-corrected chi connectivity index (χ2v) is 13.2. The summed E-state index contributed by atoms with van der Waals surface area (Å²) in [6.45, 7) is 10.7. The third kappa shape index (κ3) is 9.55. The summed E-state index contributed by atoms with van der Waals surface area (Å²) in [5.41, 5.74) is 3.01. The van der Waals surface area contributed by atoms with Gasteiger partial charge in [-0.1, -0.05) is 53.5 Å². The maximum atomic E-state index is 13.1. The van der Waals surface area contributed by atoms with Gasteiger partial charge in [0.1, 0.15) is 23.1 Å². The van der Waals surface area contributed by atoms with Gasteiger partial charge in [-0.3, -0.25) is 9.69 Å². The lowest BCUT2D eigenvalue weighted by Crippen LogP contribution is -2.49. The Kier molecular flexibility index (Phi) is 12.6. The number of hydrogen-bond acceptors (Lipinski definition) is 8. The number of hydrogen-bond donors (Lipinski definition) is 1. The van der Waals surface area contributed by atoms with Crippen molar-refractivity contribution in [3.63, 3.8) is 0 Å². The Hall–Kier alpha value is -3.99. The van der Waals surface area contributed by atoms with E-state index in [2.05, 4.69) is 10.2 Å². The molecule has 1 atom stereocenters. The molecule has 12 heteroatoms. The minimum Gasteiger partial charge on any atom is -0.496 e. The van der Waals surface area contributed by atoms with Gasteiger partial charge in [-0.2, -0.15) is 0 Å². The Morgan fingerprint density at radius 2 is 1.46 bits per heavy atom. The van der Waals surface area contributed by atoms with Crippen molar-refractivity contribution in [3.8, 4) is 22.6 Å². The van der Waals surface area contributed by atoms with Gasteiger partial charge in [-0.15, -0.1) is 0 Å². The lowest BCUT2D eigenvalue weighted by atomic mass is 9.97. The van der Waals surface area contributed by atoms with Crippen LogP contribution >= 0.6 is 23.2 Å². The summed E-state index contributed by atoms with van der Waals surface area (Å²) >= 11 is 12.4. The molecule has 1 aliphatic heterocycles. The average molecular weight is 701 g/mol. The summed E-state index contributed by atoms with van der Waals surface area (Å²) in [5, 5.41) is 3.10. The Bertz CT molecular complexity index is 1550. The fourth-order valence-corrected chi connectivity index (χ4v) is 6.01. The molecule has 1 heterocycles. The zero-order valence-electron chi connectivity index (χ0n) is 28.2. The molecule has 0 saturated carbocycles. The van der Waals surface area contributed by atoms with Crippen LogP contribution in [0, 0.1) is 0 Å². The van der Waals surface area contributed by atoms with Crippen LogP contribution in [0.3, 0.4) is 0 Å². The zero-order chi connectivity index (χ0) is 35.0. The molecular weight excluding hydrogens is 657 g/mol. The molecule has 1 fully saturated rings. The molecule has 10 nitrogen and oxygen atoms in total. The first-order chi connectivity index (χ1) is 22.8. The van der Waals surface area contributed by atoms with Crippen molar-refractivity contribution in [1.29, 1.82) is 0 Å². The highest BCUT2D eigenvalue weighted by Gasteiger charge is 2.28. The molecule has 0 aromatic heterocycles. The summed E-state index contributed by atoms with van der Waals surface area (Å²) in [7, 11) is 3.24. The van der Waals surface area contributed by atoms with Crippen LogP contribution in [0.5, 0.6) is 11.5 Å². The van der Waals surface area contributed by atoms with E-state index < -0.39 is 23.5 Å². The van der Waals surface area contributed by atoms with Gasteiger partial charge in [-0.05, 0) is 68.7 Å². The topological polar surface area (TPSA) is 107 Å². The van der Waals surface area contributed by atoms with Crippen LogP contribution in [0.1, 0.15) is 49.2 Å². The van der Waals surface area contributed by atoms with Crippen LogP contribution in [-0.2, 0) is 27.2 Å². The van der Waals surface area contributed by atoms with E-state index in [1.54, 1.807) is 44.2 Å². The number of ether oxygens (including phenoxy) is 4. The van der Waals surface area contributed by atoms with Crippen LogP contribution in [0.2, 0.25) is 10.0 Å². The molecule has 258 valence electrons. The van der Waals surface area contributed by atoms with Gasteiger partial charge in [0.25, 0.3) is 5.91 Å². The van der Waals surface area contributed by atoms with E-state index in [9.17, 15) is 14.4 Å². The van der Waals surface area contributed by atoms with Crippen molar-refractivity contribution >= 4 is 41.2 Å². The zero-order valence-corrected chi connectivity index (χ0v) is 29.7. The fourth-order valence-electron chi connectivity index (χ4n) is 5.44. The Balaban J connectivity index is 1.48. The normalized spacial score (nSPS) is 14.2. The van der Waals surface area contributed by atoms with Gasteiger partial charge in [-0.25, -0.2) is 9.59 Å². The predicted molar refractivity (Wildman–Crippen MR) is 186 cm³/mol. The minimum atomic E-state index is -0.968. The maximum absolute atomic E-state index is 13.1. The summed E-state index contributed by atoms with van der Waals surface area (Å²) in [4.78, 5) is 42.4. The number of esters is 1. The van der Waals surface area contributed by atoms with Crippen LogP contribution in [0.15, 0.2) is 54.6 Å². The lowest BCUT2D eigenvalue weighted by molar-refractivity contribution is -0.145. The highest BCUT2D eigenvalue weighted by molar-refractivity contribution is 6.39. The molecule has 0 unspecified atom stereocenters. The van der Waals surface area contributed by atoms with Crippen molar-refractivity contribution in [2.24, 2.45) is 0 Å². The summed E-state index contributed by atoms with van der Waals surface area (Å²) < 4.78 is 22.4. The van der Waals surface area contributed by atoms with Gasteiger partial charge >= 0.3 is 12.1 Å². The van der Waals surface area contributed by atoms with Gasteiger partial charge in [0.05, 0.1) is 42.0 Å². The smallest absolute Gasteiger partial charge is 0.410 e. The number of piperazine rings is 1. The van der Waals surface area contributed by atoms with E-state index in [1.165, 1.54) is 0 Å². The second kappa shape index (κ2) is 16.4. The van der Waals surface area contributed by atoms with Gasteiger partial charge in [0.2, 0.25) is 0 Å². The van der Waals surface area contributed by atoms with E-state index in [0.717, 1.165) is 22.3 Å². The van der Waals surface area contributed by atoms with Crippen molar-refractivity contribution in [1.82, 2.24) is 15.1 Å². The van der Waals surface area contributed by atoms with Crippen LogP contribution in [0.4, 0.5) is 4.79 Å². The second-order valence-electron chi connectivity index (χ2n) is 12.4. The molecule has 4 rings (SSSR count). The first kappa shape index (κ1) is 36.8. The van der Waals surface area contributed by atoms with E-state index in [4.69, 9.17) is 42.1 Å². The molecule has 0 spiro atoms. The Morgan fingerprint density at radius 1 is 0.875 bits per heavy atom. The standard InChI is InChI=1S/C36H43Cl2N3O7/c1-7-47-34(43)28(39-33(42)32-26(37)9-8-10-27(32)38)19-23-11-13-25(14-12-23)31-29(45-5)20-24(21-30(31)46-6)22-40-15-17-41(18-16-40)35(44)48-36(2,3)4/h8-14,20-21,28H,7,15-19,22H2,1-6H3,(H,39,42)/t28-/m0/s1. The number of nitrogens with zero attached hydrogens (tertiary/aromatic N) is 2. The average Bonchev–Trinajstić information content (AvgIpc) is 3.04. The van der Waals surface area contributed by atoms with E-state index in [1.807, 2.05) is 57.2 Å². The number of halogens is 2. The van der Waals surface area contributed by atoms with Crippen molar-refractivity contribution < 1.29 is 33.3 Å². The number of carbonyl (C=O) groups is 3. The summed E-state index contributed by atoms with van der Waals surface area (Å²) in [6, 6.07) is 15.4. The predicted octanol–water partition coefficient (Wildman–Crippen LogP) is 6.63. The van der Waals surface area contributed by atoms with E-state index >= 15 is 0 Å². The van der Waals surface area contributed by atoms with Crippen molar-refractivity contribution in [3.05, 3.63) is 81.3 Å². The monoisotopic (exact) mass is 699 g/mol. The molecule has 0 radical (unpaired) electrons. The van der Waals surface area contributed by atoms with Crippen LogP contribution in [0.25, 0.3) is 11.1 Å². The molecule has 48 heavy (non-hydrogen) atoms. The van der Waals surface area contributed by atoms with Crippen LogP contribution in [-0.4, -0.2) is 86.4 Å². The fraction of sp³-hybridized carbons (Fsp3) is 0.417. The first-order valence-corrected chi connectivity index (χ1v) is 16.5. The van der Waals surface area contributed by atoms with Gasteiger partial charge in [0.15, 0.2) is 0 Å². The Labute approximate surface area is 292 Å². The van der Waals surface area contributed by atoms with Crippen LogP contribution < -0.4 is 14.8 Å². The minimum absolute atomic E-state index is 0.0937. The summed E-state index contributed by atoms with van der Waals surface area (Å²) in [5.74, 6) is 0.165. The SMILES string of the molecule is CCOC(=O)[C@H](Cc1ccc(-c2c(OC)cc(CN3CCN(C(=O)OC(C)(C)C)CC3)cc2OC)cc1)NC(=O)c1c(Cl)cccc1Cl. The number of methoxy groups -OCH3 is 2. The number of benzene rings is 3. The molecule has 1 saturated heterocycles. The molecule has 1 N–H and O–H groups in total. The highest BCUT2D eigenvalue weighted by Crippen LogP contribution is 2.40. The molecule has 0 bridgehead atoms. The number of nitrogens with one attached hydrogen (secondary N) is 1. The number of amides is 2. The van der Waals surface area contributed by atoms with Gasteiger partial charge in [0, 0.05) is 39.1 Å². The maximum Gasteiger partial charge on any atom is 0.410 e. The largest absolute Gasteiger partial charge is 0.496 e. The van der Waals surface area contributed by atoms with Crippen molar-refractivity contribution in [2.45, 2.75) is 52.3 Å². The molecule has 2 amide bonds. The first-order valence-electron chi connectivity index (χ1n) is 15.8. The molecule has 0 aliphatic carbocycles. The third-order valence-electron chi connectivity index (χ3n) is 7.74. The molecule has 1 aliphatic rings. The highest BCUT2D eigenvalue weighted by atomic mass is 35.5.